The minimum atomic E-state index is -1.00. The minimum absolute atomic E-state index is 0.388. The maximum Gasteiger partial charge on any atom is 0.341 e. The number of ether oxygens (including phenoxy) is 1. The molecule has 0 saturated carbocycles. The molecule has 0 spiro atoms. The molecule has 0 aliphatic heterocycles. The largest absolute Gasteiger partial charge is 0.480 e. The molecule has 3 aromatic carbocycles. The Morgan fingerprint density at radius 3 is 2.15 bits per heavy atom. The summed E-state index contributed by atoms with van der Waals surface area (Å²) in [4.78, 5) is 11.0. The number of rotatable bonds is 6. The van der Waals surface area contributed by atoms with E-state index >= 15 is 0 Å². The van der Waals surface area contributed by atoms with Gasteiger partial charge in [0.1, 0.15) is 5.75 Å². The van der Waals surface area contributed by atoms with Gasteiger partial charge in [-0.15, -0.1) is 0 Å². The van der Waals surface area contributed by atoms with Gasteiger partial charge in [0.2, 0.25) is 0 Å². The van der Waals surface area contributed by atoms with Crippen molar-refractivity contribution in [2.45, 2.75) is 26.7 Å². The Bertz CT molecular complexity index is 995. The van der Waals surface area contributed by atoms with Crippen LogP contribution in [0.15, 0.2) is 51.4 Å². The maximum absolute atomic E-state index is 11.0. The van der Waals surface area contributed by atoms with Gasteiger partial charge in [0, 0.05) is 15.4 Å². The van der Waals surface area contributed by atoms with E-state index in [9.17, 15) is 4.79 Å². The number of fused-ring (bicyclic) bond motifs is 1. The van der Waals surface area contributed by atoms with Crippen molar-refractivity contribution in [1.29, 1.82) is 0 Å². The molecule has 3 nitrogen and oxygen atoms in total. The third-order valence-corrected chi connectivity index (χ3v) is 6.69. The summed E-state index contributed by atoms with van der Waals surface area (Å²) in [6.07, 6.45) is 1.89. The van der Waals surface area contributed by atoms with Gasteiger partial charge in [-0.1, -0.05) is 50.2 Å². The molecule has 3 rings (SSSR count). The summed E-state index contributed by atoms with van der Waals surface area (Å²) >= 11 is 7.30. The molecule has 0 unspecified atom stereocenters. The molecule has 0 heterocycles. The molecule has 0 amide bonds. The zero-order valence-electron chi connectivity index (χ0n) is 15.2. The van der Waals surface area contributed by atoms with Gasteiger partial charge in [-0.25, -0.2) is 4.79 Å². The van der Waals surface area contributed by atoms with Gasteiger partial charge >= 0.3 is 5.97 Å². The molecule has 0 aliphatic rings. The smallest absolute Gasteiger partial charge is 0.341 e. The number of hydrogen-bond acceptors (Lipinski definition) is 2. The van der Waals surface area contributed by atoms with E-state index < -0.39 is 5.97 Å². The van der Waals surface area contributed by atoms with Crippen molar-refractivity contribution in [3.05, 3.63) is 62.5 Å². The fraction of sp³-hybridized carbons (Fsp3) is 0.227. The molecule has 0 aliphatic carbocycles. The lowest BCUT2D eigenvalue weighted by atomic mass is 9.95. The number of aryl methyl sites for hydroxylation is 2. The third kappa shape index (κ3) is 4.04. The molecule has 0 fully saturated rings. The summed E-state index contributed by atoms with van der Waals surface area (Å²) in [7, 11) is 0. The van der Waals surface area contributed by atoms with Crippen LogP contribution in [0.25, 0.3) is 21.9 Å². The number of carboxylic acids is 1. The van der Waals surface area contributed by atoms with Crippen LogP contribution >= 0.6 is 31.9 Å². The van der Waals surface area contributed by atoms with Crippen molar-refractivity contribution in [3.8, 4) is 16.9 Å². The van der Waals surface area contributed by atoms with Crippen molar-refractivity contribution >= 4 is 48.6 Å². The van der Waals surface area contributed by atoms with Crippen LogP contribution in [0.5, 0.6) is 5.75 Å². The Hall–Kier alpha value is -1.85. The van der Waals surface area contributed by atoms with Crippen LogP contribution < -0.4 is 4.74 Å². The Kier molecular flexibility index (Phi) is 6.22. The van der Waals surface area contributed by atoms with Gasteiger partial charge < -0.3 is 9.84 Å². The molecule has 0 atom stereocenters. The van der Waals surface area contributed by atoms with E-state index in [0.29, 0.717) is 5.75 Å². The molecule has 0 aromatic heterocycles. The van der Waals surface area contributed by atoms with E-state index in [0.717, 1.165) is 43.7 Å². The topological polar surface area (TPSA) is 46.5 Å². The van der Waals surface area contributed by atoms with Gasteiger partial charge in [0.15, 0.2) is 6.61 Å². The van der Waals surface area contributed by atoms with Crippen molar-refractivity contribution in [2.24, 2.45) is 0 Å². The number of benzene rings is 3. The quantitative estimate of drug-likeness (QED) is 0.421. The van der Waals surface area contributed by atoms with Crippen LogP contribution in [-0.4, -0.2) is 17.7 Å². The Morgan fingerprint density at radius 1 is 0.926 bits per heavy atom. The van der Waals surface area contributed by atoms with E-state index in [2.05, 4.69) is 88.2 Å². The van der Waals surface area contributed by atoms with Crippen LogP contribution in [-0.2, 0) is 17.6 Å². The van der Waals surface area contributed by atoms with Gasteiger partial charge in [0.25, 0.3) is 0 Å². The number of aliphatic carboxylic acids is 1. The van der Waals surface area contributed by atoms with E-state index in [1.54, 1.807) is 0 Å². The number of halogens is 2. The highest BCUT2D eigenvalue weighted by atomic mass is 79.9. The van der Waals surface area contributed by atoms with E-state index in [1.165, 1.54) is 11.1 Å². The van der Waals surface area contributed by atoms with E-state index in [1.807, 2.05) is 0 Å². The average Bonchev–Trinajstić information content (AvgIpc) is 2.68. The summed E-state index contributed by atoms with van der Waals surface area (Å²) in [6.45, 7) is 3.84. The molecule has 5 heteroatoms. The summed E-state index contributed by atoms with van der Waals surface area (Å²) in [6, 6.07) is 14.8. The standard InChI is InChI=1S/C22H20Br2O3/c1-3-13-5-8-15(9-6-13)19-16-10-7-14(4-2)11-17(16)22(21(24)20(19)23)27-12-18(25)26/h5-11H,3-4,12H2,1-2H3,(H,25,26). The summed E-state index contributed by atoms with van der Waals surface area (Å²) in [5, 5.41) is 11.0. The van der Waals surface area contributed by atoms with Crippen LogP contribution in [0, 0.1) is 0 Å². The zero-order chi connectivity index (χ0) is 19.6. The highest BCUT2D eigenvalue weighted by Crippen LogP contribution is 2.47. The van der Waals surface area contributed by atoms with Crippen molar-refractivity contribution in [1.82, 2.24) is 0 Å². The van der Waals surface area contributed by atoms with Gasteiger partial charge in [0.05, 0.1) is 4.47 Å². The second-order valence-corrected chi connectivity index (χ2v) is 7.88. The van der Waals surface area contributed by atoms with Crippen molar-refractivity contribution < 1.29 is 14.6 Å². The third-order valence-electron chi connectivity index (χ3n) is 4.61. The highest BCUT2D eigenvalue weighted by molar-refractivity contribution is 9.13. The molecule has 3 aromatic rings. The highest BCUT2D eigenvalue weighted by Gasteiger charge is 2.20. The molecule has 140 valence electrons. The van der Waals surface area contributed by atoms with Crippen molar-refractivity contribution in [3.63, 3.8) is 0 Å². The lowest BCUT2D eigenvalue weighted by Crippen LogP contribution is -2.10. The molecule has 0 radical (unpaired) electrons. The normalized spacial score (nSPS) is 11.0. The Labute approximate surface area is 175 Å². The SMILES string of the molecule is CCc1ccc(-c2c(Br)c(Br)c(OCC(=O)O)c3cc(CC)ccc23)cc1. The lowest BCUT2D eigenvalue weighted by Gasteiger charge is -2.18. The number of carbonyl (C=O) groups is 1. The average molecular weight is 492 g/mol. The fourth-order valence-electron chi connectivity index (χ4n) is 3.13. The van der Waals surface area contributed by atoms with Crippen LogP contribution in [0.4, 0.5) is 0 Å². The second-order valence-electron chi connectivity index (χ2n) is 6.30. The Balaban J connectivity index is 2.29. The second kappa shape index (κ2) is 8.44. The fourth-order valence-corrected chi connectivity index (χ4v) is 4.28. The molecule has 1 N–H and O–H groups in total. The number of carboxylic acid groups (broad SMARTS) is 1. The maximum atomic E-state index is 11.0. The lowest BCUT2D eigenvalue weighted by molar-refractivity contribution is -0.139. The van der Waals surface area contributed by atoms with E-state index in [-0.39, 0.29) is 6.61 Å². The minimum Gasteiger partial charge on any atom is -0.480 e. The molecule has 27 heavy (non-hydrogen) atoms. The first-order chi connectivity index (χ1) is 13.0. The zero-order valence-corrected chi connectivity index (χ0v) is 18.4. The van der Waals surface area contributed by atoms with Gasteiger partial charge in [-0.05, 0) is 72.8 Å². The number of hydrogen-bond donors (Lipinski definition) is 1. The summed E-state index contributed by atoms with van der Waals surface area (Å²) in [5.41, 5.74) is 4.61. The first kappa shape index (κ1) is 19.9. The Morgan fingerprint density at radius 2 is 1.56 bits per heavy atom. The van der Waals surface area contributed by atoms with Gasteiger partial charge in [-0.2, -0.15) is 0 Å². The first-order valence-electron chi connectivity index (χ1n) is 8.83. The summed E-state index contributed by atoms with van der Waals surface area (Å²) < 4.78 is 7.21. The van der Waals surface area contributed by atoms with Crippen molar-refractivity contribution in [2.75, 3.05) is 6.61 Å². The predicted molar refractivity (Wildman–Crippen MR) is 117 cm³/mol. The summed E-state index contributed by atoms with van der Waals surface area (Å²) in [5.74, 6) is -0.458. The van der Waals surface area contributed by atoms with Gasteiger partial charge in [-0.3, -0.25) is 0 Å². The predicted octanol–water partition coefficient (Wildman–Crippen LogP) is 6.62. The monoisotopic (exact) mass is 490 g/mol. The molecule has 0 saturated heterocycles. The van der Waals surface area contributed by atoms with Crippen LogP contribution in [0.1, 0.15) is 25.0 Å². The molecule has 0 bridgehead atoms. The van der Waals surface area contributed by atoms with Crippen LogP contribution in [0.2, 0.25) is 0 Å². The molecular formula is C22H20Br2O3. The first-order valence-corrected chi connectivity index (χ1v) is 10.4. The van der Waals surface area contributed by atoms with E-state index in [4.69, 9.17) is 9.84 Å². The molecular weight excluding hydrogens is 472 g/mol. The van der Waals surface area contributed by atoms with Crippen LogP contribution in [0.3, 0.4) is 0 Å².